The van der Waals surface area contributed by atoms with Crippen LogP contribution in [0.4, 0.5) is 10.1 Å². The van der Waals surface area contributed by atoms with Crippen LogP contribution in [0.25, 0.3) is 11.0 Å². The van der Waals surface area contributed by atoms with Crippen molar-refractivity contribution in [3.63, 3.8) is 0 Å². The number of carbonyl (C=O) groups is 2. The first kappa shape index (κ1) is 18.6. The molecule has 138 valence electrons. The van der Waals surface area contributed by atoms with Crippen molar-refractivity contribution in [2.75, 3.05) is 5.32 Å². The molecule has 0 atom stereocenters. The number of rotatable bonds is 4. The van der Waals surface area contributed by atoms with Gasteiger partial charge in [0.1, 0.15) is 23.6 Å². The smallest absolute Gasteiger partial charge is 0.342 e. The number of halogens is 2. The van der Waals surface area contributed by atoms with Crippen molar-refractivity contribution in [3.05, 3.63) is 74.9 Å². The average molecular weight is 390 g/mol. The minimum atomic E-state index is -0.950. The van der Waals surface area contributed by atoms with Crippen molar-refractivity contribution in [3.8, 4) is 0 Å². The second-order valence-corrected chi connectivity index (χ2v) is 6.06. The summed E-state index contributed by atoms with van der Waals surface area (Å²) in [4.78, 5) is 35.1. The van der Waals surface area contributed by atoms with Crippen LogP contribution in [0.3, 0.4) is 0 Å². The summed E-state index contributed by atoms with van der Waals surface area (Å²) in [7, 11) is 0. The van der Waals surface area contributed by atoms with Gasteiger partial charge in [0.05, 0.1) is 5.02 Å². The summed E-state index contributed by atoms with van der Waals surface area (Å²) in [5.74, 6) is -2.03. The first-order valence-electron chi connectivity index (χ1n) is 7.80. The maximum Gasteiger partial charge on any atom is 0.342 e. The molecule has 1 amide bonds. The number of anilines is 1. The lowest BCUT2D eigenvalue weighted by Gasteiger charge is -2.10. The molecule has 6 nitrogen and oxygen atoms in total. The highest BCUT2D eigenvalue weighted by Crippen LogP contribution is 2.24. The van der Waals surface area contributed by atoms with Gasteiger partial charge in [-0.2, -0.15) is 0 Å². The van der Waals surface area contributed by atoms with Gasteiger partial charge in [0, 0.05) is 35.7 Å². The molecule has 0 bridgehead atoms. The number of hydrogen-bond acceptors (Lipinski definition) is 5. The van der Waals surface area contributed by atoms with E-state index in [4.69, 9.17) is 20.8 Å². The molecule has 0 aliphatic heterocycles. The molecular weight excluding hydrogens is 377 g/mol. The monoisotopic (exact) mass is 389 g/mol. The van der Waals surface area contributed by atoms with Crippen molar-refractivity contribution in [2.45, 2.75) is 13.5 Å². The fourth-order valence-corrected chi connectivity index (χ4v) is 2.78. The molecule has 1 N–H and O–H groups in total. The van der Waals surface area contributed by atoms with E-state index >= 15 is 0 Å². The number of fused-ring (bicyclic) bond motifs is 1. The van der Waals surface area contributed by atoms with E-state index in [1.54, 1.807) is 12.1 Å². The first-order chi connectivity index (χ1) is 12.8. The minimum Gasteiger partial charge on any atom is -0.457 e. The van der Waals surface area contributed by atoms with Crippen molar-refractivity contribution >= 4 is 40.1 Å². The van der Waals surface area contributed by atoms with E-state index in [0.717, 1.165) is 6.07 Å². The summed E-state index contributed by atoms with van der Waals surface area (Å²) in [6.45, 7) is 1.06. The van der Waals surface area contributed by atoms with Gasteiger partial charge in [-0.15, -0.1) is 0 Å². The zero-order valence-electron chi connectivity index (χ0n) is 14.0. The third-order valence-electron chi connectivity index (χ3n) is 3.68. The van der Waals surface area contributed by atoms with Crippen LogP contribution >= 0.6 is 11.6 Å². The topological polar surface area (TPSA) is 85.6 Å². The second-order valence-electron chi connectivity index (χ2n) is 5.66. The van der Waals surface area contributed by atoms with E-state index in [2.05, 4.69) is 5.32 Å². The van der Waals surface area contributed by atoms with Gasteiger partial charge in [0.2, 0.25) is 5.91 Å². The number of benzene rings is 2. The van der Waals surface area contributed by atoms with E-state index < -0.39 is 17.4 Å². The average Bonchev–Trinajstić information content (AvgIpc) is 2.58. The molecule has 0 fully saturated rings. The van der Waals surface area contributed by atoms with Crippen LogP contribution in [-0.4, -0.2) is 11.9 Å². The predicted molar refractivity (Wildman–Crippen MR) is 97.3 cm³/mol. The van der Waals surface area contributed by atoms with E-state index in [0.29, 0.717) is 16.6 Å². The summed E-state index contributed by atoms with van der Waals surface area (Å²) in [6, 6.07) is 9.73. The van der Waals surface area contributed by atoms with Gasteiger partial charge in [0.25, 0.3) is 0 Å². The zero-order valence-corrected chi connectivity index (χ0v) is 14.8. The van der Waals surface area contributed by atoms with E-state index in [-0.39, 0.29) is 28.7 Å². The van der Waals surface area contributed by atoms with Crippen molar-refractivity contribution in [1.82, 2.24) is 0 Å². The largest absolute Gasteiger partial charge is 0.457 e. The quantitative estimate of drug-likeness (QED) is 0.540. The van der Waals surface area contributed by atoms with Crippen molar-refractivity contribution in [2.24, 2.45) is 0 Å². The van der Waals surface area contributed by atoms with Gasteiger partial charge in [-0.25, -0.2) is 14.0 Å². The summed E-state index contributed by atoms with van der Waals surface area (Å²) in [5.41, 5.74) is 0.00224. The first-order valence-corrected chi connectivity index (χ1v) is 8.18. The standard InChI is InChI=1S/C19H13ClFNO5/c1-10(23)22-12-5-6-13-11(7-17(24)27-16(13)8-12)9-26-19(25)18-14(20)3-2-4-15(18)21/h2-8H,9H2,1H3,(H,22,23). The van der Waals surface area contributed by atoms with Gasteiger partial charge in [-0.3, -0.25) is 4.79 Å². The molecule has 0 aliphatic rings. The Balaban J connectivity index is 1.89. The molecule has 2 aromatic carbocycles. The Labute approximate surface area is 157 Å². The summed E-state index contributed by atoms with van der Waals surface area (Å²) >= 11 is 5.85. The Morgan fingerprint density at radius 1 is 1.22 bits per heavy atom. The Bertz CT molecular complexity index is 1090. The number of amides is 1. The number of hydrogen-bond donors (Lipinski definition) is 1. The van der Waals surface area contributed by atoms with Crippen LogP contribution in [0, 0.1) is 5.82 Å². The molecule has 0 saturated heterocycles. The highest BCUT2D eigenvalue weighted by atomic mass is 35.5. The molecule has 1 heterocycles. The van der Waals surface area contributed by atoms with Gasteiger partial charge in [-0.05, 0) is 24.3 Å². The Morgan fingerprint density at radius 2 is 2.00 bits per heavy atom. The molecule has 3 aromatic rings. The minimum absolute atomic E-state index is 0.0719. The lowest BCUT2D eigenvalue weighted by atomic mass is 10.1. The Morgan fingerprint density at radius 3 is 2.70 bits per heavy atom. The lowest BCUT2D eigenvalue weighted by molar-refractivity contribution is -0.114. The number of ether oxygens (including phenoxy) is 1. The number of nitrogens with one attached hydrogen (secondary N) is 1. The third-order valence-corrected chi connectivity index (χ3v) is 3.99. The Kier molecular flexibility index (Phi) is 5.23. The van der Waals surface area contributed by atoms with Crippen LogP contribution in [-0.2, 0) is 16.1 Å². The molecule has 0 saturated carbocycles. The van der Waals surface area contributed by atoms with E-state index in [9.17, 15) is 18.8 Å². The van der Waals surface area contributed by atoms with E-state index in [1.807, 2.05) is 0 Å². The van der Waals surface area contributed by atoms with Crippen molar-refractivity contribution in [1.29, 1.82) is 0 Å². The lowest BCUT2D eigenvalue weighted by Crippen LogP contribution is -2.10. The van der Waals surface area contributed by atoms with Gasteiger partial charge in [-0.1, -0.05) is 17.7 Å². The fraction of sp³-hybridized carbons (Fsp3) is 0.105. The molecule has 1 aromatic heterocycles. The number of carbonyl (C=O) groups excluding carboxylic acids is 2. The van der Waals surface area contributed by atoms with Crippen LogP contribution in [0.15, 0.2) is 51.7 Å². The van der Waals surface area contributed by atoms with Crippen LogP contribution < -0.4 is 10.9 Å². The van der Waals surface area contributed by atoms with Gasteiger partial charge >= 0.3 is 11.6 Å². The van der Waals surface area contributed by atoms with E-state index in [1.165, 1.54) is 31.2 Å². The zero-order chi connectivity index (χ0) is 19.6. The highest BCUT2D eigenvalue weighted by Gasteiger charge is 2.18. The molecule has 3 rings (SSSR count). The van der Waals surface area contributed by atoms with Crippen LogP contribution in [0.2, 0.25) is 5.02 Å². The highest BCUT2D eigenvalue weighted by molar-refractivity contribution is 6.33. The second kappa shape index (κ2) is 7.59. The molecule has 0 aliphatic carbocycles. The molecule has 8 heteroatoms. The summed E-state index contributed by atoms with van der Waals surface area (Å²) in [6.07, 6.45) is 0. The maximum atomic E-state index is 13.8. The normalized spacial score (nSPS) is 10.6. The van der Waals surface area contributed by atoms with Crippen LogP contribution in [0.5, 0.6) is 0 Å². The molecule has 0 unspecified atom stereocenters. The van der Waals surface area contributed by atoms with Gasteiger partial charge in [0.15, 0.2) is 0 Å². The van der Waals surface area contributed by atoms with Crippen molar-refractivity contribution < 1.29 is 23.1 Å². The maximum absolute atomic E-state index is 13.8. The summed E-state index contributed by atoms with van der Waals surface area (Å²) < 4.78 is 24.1. The molecule has 0 spiro atoms. The predicted octanol–water partition coefficient (Wildman–Crippen LogP) is 3.90. The number of esters is 1. The van der Waals surface area contributed by atoms with Crippen LogP contribution in [0.1, 0.15) is 22.8 Å². The summed E-state index contributed by atoms with van der Waals surface area (Å²) in [5, 5.41) is 3.02. The SMILES string of the molecule is CC(=O)Nc1ccc2c(COC(=O)c3c(F)cccc3Cl)cc(=O)oc2c1. The molecule has 0 radical (unpaired) electrons. The Hall–Kier alpha value is -3.19. The van der Waals surface area contributed by atoms with Gasteiger partial charge < -0.3 is 14.5 Å². The third kappa shape index (κ3) is 4.15. The molecular formula is C19H13ClFNO5. The fourth-order valence-electron chi connectivity index (χ4n) is 2.54. The molecule has 27 heavy (non-hydrogen) atoms.